The van der Waals surface area contributed by atoms with Crippen LogP contribution >= 0.6 is 0 Å². The summed E-state index contributed by atoms with van der Waals surface area (Å²) in [6.45, 7) is 0. The van der Waals surface area contributed by atoms with Gasteiger partial charge in [0.25, 0.3) is 0 Å². The van der Waals surface area contributed by atoms with Gasteiger partial charge in [0.2, 0.25) is 5.56 Å². The molecule has 0 saturated carbocycles. The maximum Gasteiger partial charge on any atom is 0.491 e. The predicted molar refractivity (Wildman–Crippen MR) is 41.6 cm³/mol. The highest BCUT2D eigenvalue weighted by atomic mass is 16.4. The topological polar surface area (TPSA) is 97.1 Å². The first-order valence-electron chi connectivity index (χ1n) is 3.14. The van der Waals surface area contributed by atoms with Gasteiger partial charge in [0, 0.05) is 17.7 Å². The molecular formula is C6H5BN2O3. The average Bonchev–Trinajstić information content (AvgIpc) is 2.03. The van der Waals surface area contributed by atoms with E-state index in [1.54, 1.807) is 6.07 Å². The molecule has 60 valence electrons. The van der Waals surface area contributed by atoms with Gasteiger partial charge >= 0.3 is 7.12 Å². The number of nitrogens with zero attached hydrogens (tertiary/aromatic N) is 1. The molecule has 5 nitrogen and oxygen atoms in total. The summed E-state index contributed by atoms with van der Waals surface area (Å²) in [4.78, 5) is 12.9. The van der Waals surface area contributed by atoms with Crippen LogP contribution in [0, 0.1) is 11.3 Å². The van der Waals surface area contributed by atoms with Gasteiger partial charge < -0.3 is 15.0 Å². The van der Waals surface area contributed by atoms with Crippen LogP contribution in [0.4, 0.5) is 0 Å². The molecule has 12 heavy (non-hydrogen) atoms. The van der Waals surface area contributed by atoms with E-state index >= 15 is 0 Å². The van der Waals surface area contributed by atoms with E-state index in [0.717, 1.165) is 12.3 Å². The number of nitrogens with one attached hydrogen (secondary N) is 1. The molecule has 1 aromatic rings. The van der Waals surface area contributed by atoms with Crippen molar-refractivity contribution in [3.63, 3.8) is 0 Å². The summed E-state index contributed by atoms with van der Waals surface area (Å²) in [6, 6.07) is 2.69. The highest BCUT2D eigenvalue weighted by Crippen LogP contribution is 1.87. The number of nitriles is 1. The fraction of sp³-hybridized carbons (Fsp3) is 0. The highest BCUT2D eigenvalue weighted by molar-refractivity contribution is 6.59. The van der Waals surface area contributed by atoms with Crippen LogP contribution in [0.2, 0.25) is 0 Å². The lowest BCUT2D eigenvalue weighted by Crippen LogP contribution is -2.34. The molecule has 1 heterocycles. The monoisotopic (exact) mass is 164 g/mol. The van der Waals surface area contributed by atoms with Gasteiger partial charge in [-0.2, -0.15) is 5.26 Å². The third-order valence-corrected chi connectivity index (χ3v) is 1.35. The molecule has 1 aromatic heterocycles. The van der Waals surface area contributed by atoms with E-state index in [-0.39, 0.29) is 11.0 Å². The number of hydrogen-bond donors (Lipinski definition) is 3. The van der Waals surface area contributed by atoms with Crippen molar-refractivity contribution < 1.29 is 10.0 Å². The van der Waals surface area contributed by atoms with Gasteiger partial charge in [-0.1, -0.05) is 0 Å². The summed E-state index contributed by atoms with van der Waals surface area (Å²) in [5.41, 5.74) is -0.484. The summed E-state index contributed by atoms with van der Waals surface area (Å²) >= 11 is 0. The number of pyridine rings is 1. The smallest absolute Gasteiger partial charge is 0.423 e. The first-order chi connectivity index (χ1) is 5.65. The molecule has 0 amide bonds. The Kier molecular flexibility index (Phi) is 2.28. The van der Waals surface area contributed by atoms with Crippen LogP contribution in [0.5, 0.6) is 0 Å². The van der Waals surface area contributed by atoms with Gasteiger partial charge in [0.1, 0.15) is 0 Å². The standard InChI is InChI=1S/C6H5BN2O3/c8-2-4-1-6(10)9-3-5(4)7(11)12/h1,3,11-12H,(H,9,10). The minimum Gasteiger partial charge on any atom is -0.423 e. The number of H-pyrrole nitrogens is 1. The molecule has 0 aliphatic carbocycles. The summed E-state index contributed by atoms with van der Waals surface area (Å²) in [6.07, 6.45) is 1.10. The van der Waals surface area contributed by atoms with Crippen LogP contribution in [-0.2, 0) is 0 Å². The van der Waals surface area contributed by atoms with Crippen LogP contribution in [0.1, 0.15) is 5.56 Å². The fourth-order valence-corrected chi connectivity index (χ4v) is 0.793. The number of hydrogen-bond acceptors (Lipinski definition) is 4. The molecule has 0 fully saturated rings. The molecule has 0 spiro atoms. The van der Waals surface area contributed by atoms with Crippen molar-refractivity contribution in [3.8, 4) is 6.07 Å². The maximum atomic E-state index is 10.7. The summed E-state index contributed by atoms with van der Waals surface area (Å²) in [5, 5.41) is 25.9. The van der Waals surface area contributed by atoms with Gasteiger partial charge in [-0.05, 0) is 0 Å². The van der Waals surface area contributed by atoms with Crippen LogP contribution < -0.4 is 11.0 Å². The van der Waals surface area contributed by atoms with Gasteiger partial charge in [-0.3, -0.25) is 4.79 Å². The second-order valence-electron chi connectivity index (χ2n) is 2.15. The minimum atomic E-state index is -1.74. The molecular weight excluding hydrogens is 159 g/mol. The van der Waals surface area contributed by atoms with Crippen LogP contribution in [0.3, 0.4) is 0 Å². The summed E-state index contributed by atoms with van der Waals surface area (Å²) in [5.74, 6) is 0. The minimum absolute atomic E-state index is 0.00269. The molecule has 0 bridgehead atoms. The Bertz CT molecular complexity index is 379. The van der Waals surface area contributed by atoms with Gasteiger partial charge in [-0.15, -0.1) is 0 Å². The number of rotatable bonds is 1. The van der Waals surface area contributed by atoms with Crippen LogP contribution in [-0.4, -0.2) is 22.2 Å². The van der Waals surface area contributed by atoms with Crippen molar-refractivity contribution in [2.45, 2.75) is 0 Å². The molecule has 0 aromatic carbocycles. The Morgan fingerprint density at radius 1 is 1.58 bits per heavy atom. The molecule has 1 rings (SSSR count). The zero-order valence-electron chi connectivity index (χ0n) is 5.98. The van der Waals surface area contributed by atoms with E-state index in [0.29, 0.717) is 0 Å². The first kappa shape index (κ1) is 8.52. The highest BCUT2D eigenvalue weighted by Gasteiger charge is 2.15. The predicted octanol–water partition coefficient (Wildman–Crippen LogP) is -2.07. The Hall–Kier alpha value is -1.58. The van der Waals surface area contributed by atoms with Gasteiger partial charge in [-0.25, -0.2) is 0 Å². The molecule has 3 N–H and O–H groups in total. The van der Waals surface area contributed by atoms with Crippen molar-refractivity contribution >= 4 is 12.6 Å². The van der Waals surface area contributed by atoms with Crippen molar-refractivity contribution in [3.05, 3.63) is 28.2 Å². The van der Waals surface area contributed by atoms with E-state index in [1.165, 1.54) is 0 Å². The molecule has 6 heteroatoms. The van der Waals surface area contributed by atoms with E-state index in [1.807, 2.05) is 0 Å². The molecule has 0 aliphatic heterocycles. The summed E-state index contributed by atoms with van der Waals surface area (Å²) in [7, 11) is -1.74. The number of aromatic amines is 1. The van der Waals surface area contributed by atoms with Gasteiger partial charge in [0.15, 0.2) is 0 Å². The Morgan fingerprint density at radius 3 is 2.75 bits per heavy atom. The Balaban J connectivity index is 3.32. The second kappa shape index (κ2) is 3.22. The quantitative estimate of drug-likeness (QED) is 0.415. The lowest BCUT2D eigenvalue weighted by atomic mass is 9.78. The molecule has 0 aliphatic rings. The Labute approximate surface area is 68.1 Å². The van der Waals surface area contributed by atoms with Crippen molar-refractivity contribution in [2.24, 2.45) is 0 Å². The molecule has 0 saturated heterocycles. The SMILES string of the molecule is N#Cc1cc(=O)[nH]cc1B(O)O. The fourth-order valence-electron chi connectivity index (χ4n) is 0.793. The maximum absolute atomic E-state index is 10.7. The first-order valence-corrected chi connectivity index (χ1v) is 3.14. The van der Waals surface area contributed by atoms with E-state index in [2.05, 4.69) is 4.98 Å². The Morgan fingerprint density at radius 2 is 2.25 bits per heavy atom. The normalized spacial score (nSPS) is 9.08. The van der Waals surface area contributed by atoms with Crippen LogP contribution in [0.25, 0.3) is 0 Å². The number of aromatic nitrogens is 1. The second-order valence-corrected chi connectivity index (χ2v) is 2.15. The van der Waals surface area contributed by atoms with Crippen molar-refractivity contribution in [2.75, 3.05) is 0 Å². The summed E-state index contributed by atoms with van der Waals surface area (Å²) < 4.78 is 0. The van der Waals surface area contributed by atoms with Crippen LogP contribution in [0.15, 0.2) is 17.1 Å². The van der Waals surface area contributed by atoms with Crippen molar-refractivity contribution in [1.82, 2.24) is 4.98 Å². The molecule has 0 radical (unpaired) electrons. The molecule has 0 atom stereocenters. The average molecular weight is 164 g/mol. The zero-order valence-corrected chi connectivity index (χ0v) is 5.98. The third-order valence-electron chi connectivity index (χ3n) is 1.35. The van der Waals surface area contributed by atoms with E-state index in [9.17, 15) is 4.79 Å². The lowest BCUT2D eigenvalue weighted by Gasteiger charge is -1.99. The van der Waals surface area contributed by atoms with E-state index in [4.69, 9.17) is 15.3 Å². The largest absolute Gasteiger partial charge is 0.491 e. The lowest BCUT2D eigenvalue weighted by molar-refractivity contribution is 0.425. The van der Waals surface area contributed by atoms with Crippen molar-refractivity contribution in [1.29, 1.82) is 5.26 Å². The van der Waals surface area contributed by atoms with E-state index < -0.39 is 12.7 Å². The third kappa shape index (κ3) is 1.53. The van der Waals surface area contributed by atoms with Gasteiger partial charge in [0.05, 0.1) is 11.6 Å². The zero-order chi connectivity index (χ0) is 9.14. The molecule has 0 unspecified atom stereocenters.